The molecule has 3 rings (SSSR count). The van der Waals surface area contributed by atoms with Crippen molar-refractivity contribution in [1.29, 1.82) is 0 Å². The summed E-state index contributed by atoms with van der Waals surface area (Å²) in [6.07, 6.45) is 3.41. The number of aryl methyl sites for hydroxylation is 1. The molecule has 0 atom stereocenters. The van der Waals surface area contributed by atoms with Crippen molar-refractivity contribution in [3.05, 3.63) is 35.4 Å². The van der Waals surface area contributed by atoms with Gasteiger partial charge >= 0.3 is 5.96 Å². The zero-order chi connectivity index (χ0) is 11.5. The summed E-state index contributed by atoms with van der Waals surface area (Å²) in [5.74, 6) is 0.917. The Hall–Kier alpha value is -1.84. The Morgan fingerprint density at radius 1 is 1.24 bits per heavy atom. The van der Waals surface area contributed by atoms with Gasteiger partial charge in [0, 0.05) is 5.56 Å². The van der Waals surface area contributed by atoms with Gasteiger partial charge in [-0.25, -0.2) is 0 Å². The maximum atomic E-state index is 4.51. The number of benzene rings is 1. The van der Waals surface area contributed by atoms with Crippen LogP contribution in [0.1, 0.15) is 24.0 Å². The standard InChI is InChI=1S/C13H16N4/c1-2-6-11-10(4-1)5-3-7-12(11)16-17-13-14-8-9-15-13/h1-2,4,6H,3,5,7-9H2,(H2,14,15,17)/p+1/b16-12+. The van der Waals surface area contributed by atoms with E-state index in [4.69, 9.17) is 0 Å². The number of rotatable bonds is 1. The van der Waals surface area contributed by atoms with Crippen LogP contribution in [-0.4, -0.2) is 24.8 Å². The van der Waals surface area contributed by atoms with Crippen LogP contribution in [0.15, 0.2) is 29.4 Å². The molecule has 2 aliphatic rings. The molecule has 0 unspecified atom stereocenters. The minimum atomic E-state index is 0.917. The van der Waals surface area contributed by atoms with Gasteiger partial charge in [-0.3, -0.25) is 10.3 Å². The van der Waals surface area contributed by atoms with Crippen LogP contribution in [0, 0.1) is 0 Å². The smallest absolute Gasteiger partial charge is 0.273 e. The van der Waals surface area contributed by atoms with E-state index in [1.807, 2.05) is 0 Å². The van der Waals surface area contributed by atoms with E-state index in [2.05, 4.69) is 45.1 Å². The van der Waals surface area contributed by atoms with Gasteiger partial charge in [-0.1, -0.05) is 24.3 Å². The maximum absolute atomic E-state index is 4.51. The second-order valence-electron chi connectivity index (χ2n) is 4.41. The van der Waals surface area contributed by atoms with E-state index in [1.165, 1.54) is 24.0 Å². The molecule has 0 saturated heterocycles. The molecule has 0 bridgehead atoms. The molecule has 0 fully saturated rings. The number of hydrazone groups is 1. The molecule has 0 amide bonds. The first-order valence-electron chi connectivity index (χ1n) is 6.19. The third-order valence-corrected chi connectivity index (χ3v) is 3.22. The van der Waals surface area contributed by atoms with Gasteiger partial charge < -0.3 is 0 Å². The number of hydrogen-bond donors (Lipinski definition) is 3. The van der Waals surface area contributed by atoms with Crippen LogP contribution in [-0.2, 0) is 6.42 Å². The molecule has 0 saturated carbocycles. The van der Waals surface area contributed by atoms with E-state index in [0.29, 0.717) is 0 Å². The Bertz CT molecular complexity index is 476. The fraction of sp³-hybridized carbons (Fsp3) is 0.385. The summed E-state index contributed by atoms with van der Waals surface area (Å²) in [5, 5.41) is 7.72. The minimum absolute atomic E-state index is 0.917. The first kappa shape index (κ1) is 10.3. The average molecular weight is 229 g/mol. The molecule has 1 aromatic carbocycles. The van der Waals surface area contributed by atoms with Crippen molar-refractivity contribution < 1.29 is 4.99 Å². The molecule has 0 aromatic heterocycles. The summed E-state index contributed by atoms with van der Waals surface area (Å²) in [6.45, 7) is 1.92. The molecular weight excluding hydrogens is 212 g/mol. The summed E-state index contributed by atoms with van der Waals surface area (Å²) in [4.78, 5) is 3.21. The van der Waals surface area contributed by atoms with Crippen LogP contribution in [0.4, 0.5) is 0 Å². The average Bonchev–Trinajstić information content (AvgIpc) is 2.89. The highest BCUT2D eigenvalue weighted by Crippen LogP contribution is 2.20. The summed E-state index contributed by atoms with van der Waals surface area (Å²) in [7, 11) is 0. The molecule has 1 heterocycles. The number of nitrogens with zero attached hydrogens (tertiary/aromatic N) is 1. The number of hydrogen-bond acceptors (Lipinski definition) is 3. The van der Waals surface area contributed by atoms with E-state index < -0.39 is 0 Å². The first-order chi connectivity index (χ1) is 8.43. The van der Waals surface area contributed by atoms with Gasteiger partial charge in [-0.05, 0) is 24.8 Å². The van der Waals surface area contributed by atoms with Gasteiger partial charge in [0.2, 0.25) is 0 Å². The maximum Gasteiger partial charge on any atom is 0.367 e. The zero-order valence-electron chi connectivity index (χ0n) is 9.79. The monoisotopic (exact) mass is 229 g/mol. The van der Waals surface area contributed by atoms with Gasteiger partial charge in [0.1, 0.15) is 0 Å². The van der Waals surface area contributed by atoms with Crippen molar-refractivity contribution in [3.8, 4) is 0 Å². The Morgan fingerprint density at radius 3 is 3.06 bits per heavy atom. The van der Waals surface area contributed by atoms with Gasteiger partial charge in [0.15, 0.2) is 0 Å². The Morgan fingerprint density at radius 2 is 2.18 bits per heavy atom. The summed E-state index contributed by atoms with van der Waals surface area (Å²) in [5.41, 5.74) is 6.95. The molecule has 4 nitrogen and oxygen atoms in total. The summed E-state index contributed by atoms with van der Waals surface area (Å²) in [6, 6.07) is 8.54. The lowest BCUT2D eigenvalue weighted by Crippen LogP contribution is -2.73. The second kappa shape index (κ2) is 4.57. The summed E-state index contributed by atoms with van der Waals surface area (Å²) < 4.78 is 0. The van der Waals surface area contributed by atoms with Crippen molar-refractivity contribution >= 4 is 11.7 Å². The first-order valence-corrected chi connectivity index (χ1v) is 6.19. The quantitative estimate of drug-likeness (QED) is 0.561. The highest BCUT2D eigenvalue weighted by atomic mass is 15.4. The lowest BCUT2D eigenvalue weighted by atomic mass is 9.90. The largest absolute Gasteiger partial charge is 0.367 e. The molecule has 1 aliphatic carbocycles. The Labute approximate surface area is 101 Å². The van der Waals surface area contributed by atoms with Gasteiger partial charge in [0.25, 0.3) is 0 Å². The Balaban J connectivity index is 1.82. The van der Waals surface area contributed by atoms with Crippen LogP contribution in [0.25, 0.3) is 0 Å². The molecule has 88 valence electrons. The van der Waals surface area contributed by atoms with Crippen LogP contribution >= 0.6 is 0 Å². The predicted molar refractivity (Wildman–Crippen MR) is 67.9 cm³/mol. The predicted octanol–water partition coefficient (Wildman–Crippen LogP) is -0.644. The van der Waals surface area contributed by atoms with Crippen molar-refractivity contribution in [1.82, 2.24) is 10.7 Å². The molecule has 3 N–H and O–H groups in total. The number of guanidine groups is 1. The summed E-state index contributed by atoms with van der Waals surface area (Å²) >= 11 is 0. The van der Waals surface area contributed by atoms with E-state index in [-0.39, 0.29) is 0 Å². The lowest BCUT2D eigenvalue weighted by Gasteiger charge is -2.16. The van der Waals surface area contributed by atoms with Crippen molar-refractivity contribution in [2.45, 2.75) is 19.3 Å². The fourth-order valence-corrected chi connectivity index (χ4v) is 2.36. The van der Waals surface area contributed by atoms with Crippen molar-refractivity contribution in [2.24, 2.45) is 5.10 Å². The molecule has 1 aliphatic heterocycles. The van der Waals surface area contributed by atoms with Gasteiger partial charge in [-0.15, -0.1) is 5.10 Å². The van der Waals surface area contributed by atoms with E-state index in [1.54, 1.807) is 0 Å². The normalized spacial score (nSPS) is 20.7. The minimum Gasteiger partial charge on any atom is -0.273 e. The van der Waals surface area contributed by atoms with Crippen molar-refractivity contribution in [2.75, 3.05) is 13.1 Å². The molecular formula is C13H17N4+. The van der Waals surface area contributed by atoms with Crippen LogP contribution < -0.4 is 15.7 Å². The molecule has 17 heavy (non-hydrogen) atoms. The molecule has 1 aromatic rings. The highest BCUT2D eigenvalue weighted by molar-refractivity contribution is 6.03. The SMILES string of the molecule is c1ccc2c(c1)CCC/C2=N\NC1=[NH+]CCN1. The molecule has 0 radical (unpaired) electrons. The third-order valence-electron chi connectivity index (χ3n) is 3.22. The lowest BCUT2D eigenvalue weighted by molar-refractivity contribution is -0.446. The second-order valence-corrected chi connectivity index (χ2v) is 4.41. The van der Waals surface area contributed by atoms with Crippen LogP contribution in [0.2, 0.25) is 0 Å². The van der Waals surface area contributed by atoms with Crippen molar-refractivity contribution in [3.63, 3.8) is 0 Å². The van der Waals surface area contributed by atoms with E-state index in [0.717, 1.165) is 31.2 Å². The van der Waals surface area contributed by atoms with Crippen LogP contribution in [0.3, 0.4) is 0 Å². The van der Waals surface area contributed by atoms with E-state index >= 15 is 0 Å². The molecule has 0 spiro atoms. The van der Waals surface area contributed by atoms with Crippen LogP contribution in [0.5, 0.6) is 0 Å². The van der Waals surface area contributed by atoms with Gasteiger partial charge in [-0.2, -0.15) is 5.43 Å². The number of nitrogens with one attached hydrogen (secondary N) is 3. The number of fused-ring (bicyclic) bond motifs is 1. The van der Waals surface area contributed by atoms with Gasteiger partial charge in [0.05, 0.1) is 18.8 Å². The van der Waals surface area contributed by atoms with E-state index in [9.17, 15) is 0 Å². The molecule has 4 heteroatoms. The topological polar surface area (TPSA) is 50.4 Å². The third kappa shape index (κ3) is 2.16. The zero-order valence-corrected chi connectivity index (χ0v) is 9.79. The fourth-order valence-electron chi connectivity index (χ4n) is 2.36. The Kier molecular flexibility index (Phi) is 2.78. The highest BCUT2D eigenvalue weighted by Gasteiger charge is 2.16.